The molecule has 1 unspecified atom stereocenters. The highest BCUT2D eigenvalue weighted by Gasteiger charge is 2.25. The Labute approximate surface area is 107 Å². The van der Waals surface area contributed by atoms with Crippen molar-refractivity contribution >= 4 is 28.8 Å². The zero-order valence-electron chi connectivity index (χ0n) is 9.85. The van der Waals surface area contributed by atoms with Crippen LogP contribution in [-0.2, 0) is 11.2 Å². The lowest BCUT2D eigenvalue weighted by molar-refractivity contribution is -0.118. The molecule has 90 valence electrons. The zero-order chi connectivity index (χ0) is 12.4. The second kappa shape index (κ2) is 4.84. The van der Waals surface area contributed by atoms with Gasteiger partial charge in [-0.1, -0.05) is 37.3 Å². The van der Waals surface area contributed by atoms with Gasteiger partial charge in [-0.15, -0.1) is 0 Å². The van der Waals surface area contributed by atoms with Crippen LogP contribution >= 0.6 is 12.2 Å². The summed E-state index contributed by atoms with van der Waals surface area (Å²) >= 11 is 4.90. The number of benzene rings is 1. The van der Waals surface area contributed by atoms with Gasteiger partial charge in [0.25, 0.3) is 0 Å². The van der Waals surface area contributed by atoms with Crippen molar-refractivity contribution in [3.8, 4) is 0 Å². The molecule has 17 heavy (non-hydrogen) atoms. The standard InChI is InChI=1S/C13H16N2OS/c1-9(13(14)17)8-12(16)15-7-6-10-4-2-3-5-11(10)15/h2-5,9H,6-8H2,1H3,(H2,14,17). The lowest BCUT2D eigenvalue weighted by Gasteiger charge is -2.19. The molecule has 3 nitrogen and oxygen atoms in total. The van der Waals surface area contributed by atoms with E-state index in [0.717, 1.165) is 18.7 Å². The fraction of sp³-hybridized carbons (Fsp3) is 0.385. The highest BCUT2D eigenvalue weighted by Crippen LogP contribution is 2.28. The first-order valence-electron chi connectivity index (χ1n) is 5.77. The van der Waals surface area contributed by atoms with Gasteiger partial charge in [-0.2, -0.15) is 0 Å². The van der Waals surface area contributed by atoms with Crippen molar-refractivity contribution in [2.75, 3.05) is 11.4 Å². The van der Waals surface area contributed by atoms with Gasteiger partial charge in [-0.05, 0) is 18.1 Å². The van der Waals surface area contributed by atoms with E-state index in [1.807, 2.05) is 30.0 Å². The first-order valence-corrected chi connectivity index (χ1v) is 6.18. The summed E-state index contributed by atoms with van der Waals surface area (Å²) in [5.41, 5.74) is 7.81. The van der Waals surface area contributed by atoms with Crippen molar-refractivity contribution in [1.29, 1.82) is 0 Å². The minimum atomic E-state index is -0.0368. The quantitative estimate of drug-likeness (QED) is 0.831. The first-order chi connectivity index (χ1) is 8.09. The SMILES string of the molecule is CC(CC(=O)N1CCc2ccccc21)C(N)=S. The van der Waals surface area contributed by atoms with E-state index in [1.165, 1.54) is 5.56 Å². The van der Waals surface area contributed by atoms with Gasteiger partial charge in [-0.3, -0.25) is 4.79 Å². The molecule has 1 heterocycles. The molecule has 1 atom stereocenters. The smallest absolute Gasteiger partial charge is 0.227 e. The Bertz CT molecular complexity index is 458. The van der Waals surface area contributed by atoms with Crippen LogP contribution in [0.15, 0.2) is 24.3 Å². The van der Waals surface area contributed by atoms with Crippen LogP contribution < -0.4 is 10.6 Å². The third kappa shape index (κ3) is 2.47. The molecule has 0 bridgehead atoms. The molecule has 0 aliphatic carbocycles. The Morgan fingerprint density at radius 3 is 2.94 bits per heavy atom. The molecule has 1 aromatic carbocycles. The largest absolute Gasteiger partial charge is 0.393 e. The molecular formula is C13H16N2OS. The maximum absolute atomic E-state index is 12.1. The van der Waals surface area contributed by atoms with Gasteiger partial charge in [0.2, 0.25) is 5.91 Å². The summed E-state index contributed by atoms with van der Waals surface area (Å²) in [6.07, 6.45) is 1.33. The highest BCUT2D eigenvalue weighted by atomic mass is 32.1. The average molecular weight is 248 g/mol. The molecule has 1 aliphatic rings. The van der Waals surface area contributed by atoms with Crippen LogP contribution in [0.3, 0.4) is 0 Å². The number of carbonyl (C=O) groups excluding carboxylic acids is 1. The van der Waals surface area contributed by atoms with Crippen molar-refractivity contribution in [3.63, 3.8) is 0 Å². The van der Waals surface area contributed by atoms with Gasteiger partial charge in [-0.25, -0.2) is 0 Å². The number of amides is 1. The second-order valence-corrected chi connectivity index (χ2v) is 4.90. The molecule has 0 aromatic heterocycles. The predicted molar refractivity (Wildman–Crippen MR) is 73.1 cm³/mol. The van der Waals surface area contributed by atoms with Gasteiger partial charge in [0.15, 0.2) is 0 Å². The molecule has 0 spiro atoms. The molecule has 2 rings (SSSR count). The maximum Gasteiger partial charge on any atom is 0.227 e. The Morgan fingerprint density at radius 2 is 2.24 bits per heavy atom. The molecule has 0 radical (unpaired) electrons. The third-order valence-electron chi connectivity index (χ3n) is 3.15. The summed E-state index contributed by atoms with van der Waals surface area (Å²) < 4.78 is 0. The summed E-state index contributed by atoms with van der Waals surface area (Å²) in [4.78, 5) is 14.4. The molecule has 2 N–H and O–H groups in total. The normalized spacial score (nSPS) is 15.5. The highest BCUT2D eigenvalue weighted by molar-refractivity contribution is 7.80. The van der Waals surface area contributed by atoms with E-state index in [0.29, 0.717) is 11.4 Å². The van der Waals surface area contributed by atoms with E-state index in [1.54, 1.807) is 0 Å². The number of fused-ring (bicyclic) bond motifs is 1. The molecular weight excluding hydrogens is 232 g/mol. The molecule has 1 amide bonds. The topological polar surface area (TPSA) is 46.3 Å². The number of nitrogens with zero attached hydrogens (tertiary/aromatic N) is 1. The lowest BCUT2D eigenvalue weighted by atomic mass is 10.1. The van der Waals surface area contributed by atoms with Crippen LogP contribution in [0.1, 0.15) is 18.9 Å². The van der Waals surface area contributed by atoms with E-state index < -0.39 is 0 Å². The summed E-state index contributed by atoms with van der Waals surface area (Å²) in [7, 11) is 0. The second-order valence-electron chi connectivity index (χ2n) is 4.43. The zero-order valence-corrected chi connectivity index (χ0v) is 10.7. The number of hydrogen-bond acceptors (Lipinski definition) is 2. The van der Waals surface area contributed by atoms with E-state index in [4.69, 9.17) is 18.0 Å². The molecule has 1 aliphatic heterocycles. The Kier molecular flexibility index (Phi) is 3.43. The van der Waals surface area contributed by atoms with E-state index in [2.05, 4.69) is 6.07 Å². The number of carbonyl (C=O) groups is 1. The number of hydrogen-bond donors (Lipinski definition) is 1. The predicted octanol–water partition coefficient (Wildman–Crippen LogP) is 1.89. The van der Waals surface area contributed by atoms with E-state index >= 15 is 0 Å². The van der Waals surface area contributed by atoms with Gasteiger partial charge in [0.1, 0.15) is 0 Å². The van der Waals surface area contributed by atoms with Crippen LogP contribution in [0.4, 0.5) is 5.69 Å². The molecule has 0 saturated heterocycles. The summed E-state index contributed by atoms with van der Waals surface area (Å²) in [5, 5.41) is 0. The third-order valence-corrected chi connectivity index (χ3v) is 3.56. The number of rotatable bonds is 3. The fourth-order valence-electron chi connectivity index (χ4n) is 2.07. The summed E-state index contributed by atoms with van der Waals surface area (Å²) in [5.74, 6) is 0.0699. The Hall–Kier alpha value is -1.42. The molecule has 1 aromatic rings. The maximum atomic E-state index is 12.1. The van der Waals surface area contributed by atoms with Crippen LogP contribution in [0.25, 0.3) is 0 Å². The van der Waals surface area contributed by atoms with Crippen LogP contribution in [-0.4, -0.2) is 17.4 Å². The summed E-state index contributed by atoms with van der Waals surface area (Å²) in [6.45, 7) is 2.66. The van der Waals surface area contributed by atoms with Crippen molar-refractivity contribution in [3.05, 3.63) is 29.8 Å². The van der Waals surface area contributed by atoms with Crippen molar-refractivity contribution in [2.45, 2.75) is 19.8 Å². The number of nitrogens with two attached hydrogens (primary N) is 1. The Morgan fingerprint density at radius 1 is 1.53 bits per heavy atom. The monoisotopic (exact) mass is 248 g/mol. The van der Waals surface area contributed by atoms with Gasteiger partial charge >= 0.3 is 0 Å². The minimum absolute atomic E-state index is 0.0368. The van der Waals surface area contributed by atoms with Crippen molar-refractivity contribution in [1.82, 2.24) is 0 Å². The van der Waals surface area contributed by atoms with Gasteiger partial charge in [0.05, 0.1) is 4.99 Å². The van der Waals surface area contributed by atoms with E-state index in [9.17, 15) is 4.79 Å². The number of para-hydroxylation sites is 1. The first kappa shape index (κ1) is 12.0. The van der Waals surface area contributed by atoms with Crippen molar-refractivity contribution < 1.29 is 4.79 Å². The molecule has 0 saturated carbocycles. The van der Waals surface area contributed by atoms with Crippen LogP contribution in [0.2, 0.25) is 0 Å². The Balaban J connectivity index is 2.10. The fourth-order valence-corrected chi connectivity index (χ4v) is 2.15. The lowest BCUT2D eigenvalue weighted by Crippen LogP contribution is -2.32. The molecule has 0 fully saturated rings. The number of thiocarbonyl (C=S) groups is 1. The average Bonchev–Trinajstić information content (AvgIpc) is 2.72. The number of anilines is 1. The summed E-state index contributed by atoms with van der Waals surface area (Å²) in [6, 6.07) is 8.02. The van der Waals surface area contributed by atoms with Crippen LogP contribution in [0, 0.1) is 5.92 Å². The minimum Gasteiger partial charge on any atom is -0.393 e. The van der Waals surface area contributed by atoms with Gasteiger partial charge < -0.3 is 10.6 Å². The van der Waals surface area contributed by atoms with Crippen molar-refractivity contribution in [2.24, 2.45) is 11.7 Å². The molecule has 4 heteroatoms. The van der Waals surface area contributed by atoms with Crippen LogP contribution in [0.5, 0.6) is 0 Å². The van der Waals surface area contributed by atoms with Gasteiger partial charge in [0, 0.05) is 24.6 Å². The van der Waals surface area contributed by atoms with E-state index in [-0.39, 0.29) is 11.8 Å².